The van der Waals surface area contributed by atoms with E-state index in [1.165, 1.54) is 13.2 Å². The van der Waals surface area contributed by atoms with Crippen LogP contribution in [-0.2, 0) is 4.74 Å². The molecule has 1 aromatic rings. The molecule has 0 amide bonds. The molecule has 0 N–H and O–H groups in total. The van der Waals surface area contributed by atoms with Crippen LogP contribution in [0.3, 0.4) is 0 Å². The van der Waals surface area contributed by atoms with Crippen molar-refractivity contribution in [3.8, 4) is 0 Å². The van der Waals surface area contributed by atoms with Crippen LogP contribution in [0.15, 0.2) is 53.8 Å². The van der Waals surface area contributed by atoms with Crippen molar-refractivity contribution in [2.75, 3.05) is 7.11 Å². The molecule has 0 radical (unpaired) electrons. The fourth-order valence-electron chi connectivity index (χ4n) is 1.83. The minimum absolute atomic E-state index is 0.0413. The highest BCUT2D eigenvalue weighted by Crippen LogP contribution is 2.39. The van der Waals surface area contributed by atoms with E-state index in [1.54, 1.807) is 30.3 Å². The van der Waals surface area contributed by atoms with E-state index in [0.717, 1.165) is 0 Å². The van der Waals surface area contributed by atoms with E-state index in [4.69, 9.17) is 4.74 Å². The number of hydrogen-bond donors (Lipinski definition) is 0. The Balaban J connectivity index is 2.29. The first-order valence-corrected chi connectivity index (χ1v) is 6.27. The molecule has 18 heavy (non-hydrogen) atoms. The third kappa shape index (κ3) is 2.53. The van der Waals surface area contributed by atoms with Gasteiger partial charge in [0.2, 0.25) is 4.58 Å². The summed E-state index contributed by atoms with van der Waals surface area (Å²) < 4.78 is 17.3. The van der Waals surface area contributed by atoms with E-state index < -0.39 is 4.58 Å². The Morgan fingerprint density at radius 3 is 2.56 bits per heavy atom. The molecule has 0 heterocycles. The van der Waals surface area contributed by atoms with Gasteiger partial charge in [-0.1, -0.05) is 36.4 Å². The van der Waals surface area contributed by atoms with Crippen molar-refractivity contribution in [1.82, 2.24) is 0 Å². The lowest BCUT2D eigenvalue weighted by atomic mass is 9.94. The lowest BCUT2D eigenvalue weighted by molar-refractivity contribution is 0.101. The van der Waals surface area contributed by atoms with Crippen LogP contribution in [0.25, 0.3) is 0 Å². The molecule has 0 saturated heterocycles. The summed E-state index contributed by atoms with van der Waals surface area (Å²) in [4.78, 5) is 12.2. The zero-order valence-corrected chi connectivity index (χ0v) is 11.4. The second kappa shape index (κ2) is 5.06. The normalized spacial score (nSPS) is 23.1. The van der Waals surface area contributed by atoms with Crippen molar-refractivity contribution < 1.29 is 13.9 Å². The van der Waals surface area contributed by atoms with E-state index in [1.807, 2.05) is 6.07 Å². The zero-order chi connectivity index (χ0) is 13.2. The number of alkyl halides is 2. The highest BCUT2D eigenvalue weighted by Gasteiger charge is 2.37. The largest absolute Gasteiger partial charge is 0.497 e. The predicted molar refractivity (Wildman–Crippen MR) is 71.3 cm³/mol. The summed E-state index contributed by atoms with van der Waals surface area (Å²) >= 11 is 2.95. The van der Waals surface area contributed by atoms with Crippen LogP contribution in [0.1, 0.15) is 16.8 Å². The second-order valence-electron chi connectivity index (χ2n) is 4.00. The molecule has 4 heteroatoms. The van der Waals surface area contributed by atoms with E-state index in [0.29, 0.717) is 11.1 Å². The van der Waals surface area contributed by atoms with Crippen LogP contribution in [0.5, 0.6) is 0 Å². The topological polar surface area (TPSA) is 26.3 Å². The van der Waals surface area contributed by atoms with Gasteiger partial charge in [0.1, 0.15) is 5.76 Å². The Kier molecular flexibility index (Phi) is 3.66. The predicted octanol–water partition coefficient (Wildman–Crippen LogP) is 3.79. The van der Waals surface area contributed by atoms with Gasteiger partial charge < -0.3 is 4.74 Å². The maximum atomic E-state index is 14.2. The molecule has 0 aliphatic heterocycles. The fourth-order valence-corrected chi connectivity index (χ4v) is 2.43. The lowest BCUT2D eigenvalue weighted by Crippen LogP contribution is -2.24. The van der Waals surface area contributed by atoms with E-state index in [2.05, 4.69) is 15.9 Å². The lowest BCUT2D eigenvalue weighted by Gasteiger charge is -2.24. The molecule has 2 nitrogen and oxygen atoms in total. The summed E-state index contributed by atoms with van der Waals surface area (Å²) in [6.45, 7) is 0. The third-order valence-corrected chi connectivity index (χ3v) is 3.43. The van der Waals surface area contributed by atoms with Gasteiger partial charge in [0.05, 0.1) is 7.11 Å². The summed E-state index contributed by atoms with van der Waals surface area (Å²) in [6, 6.07) is 8.83. The third-order valence-electron chi connectivity index (χ3n) is 2.76. The number of ketones is 1. The number of carbonyl (C=O) groups excluding carboxylic acids is 1. The highest BCUT2D eigenvalue weighted by atomic mass is 79.9. The minimum atomic E-state index is -1.81. The maximum absolute atomic E-state index is 14.2. The first-order chi connectivity index (χ1) is 8.54. The Morgan fingerprint density at radius 1 is 1.33 bits per heavy atom. The molecule has 1 aliphatic carbocycles. The smallest absolute Gasteiger partial charge is 0.225 e. The molecule has 0 bridgehead atoms. The average Bonchev–Trinajstić information content (AvgIpc) is 2.37. The first kappa shape index (κ1) is 13.0. The maximum Gasteiger partial charge on any atom is 0.225 e. The summed E-state index contributed by atoms with van der Waals surface area (Å²) in [6.07, 6.45) is 3.04. The molecule has 2 rings (SSSR count). The molecule has 0 saturated carbocycles. The molecule has 1 aliphatic rings. The molecule has 0 spiro atoms. The number of hydrogen-bond acceptors (Lipinski definition) is 2. The van der Waals surface area contributed by atoms with Gasteiger partial charge in [0.15, 0.2) is 5.78 Å². The van der Waals surface area contributed by atoms with Crippen LogP contribution in [0, 0.1) is 0 Å². The van der Waals surface area contributed by atoms with Crippen molar-refractivity contribution in [3.05, 3.63) is 59.4 Å². The Morgan fingerprint density at radius 2 is 2.00 bits per heavy atom. The monoisotopic (exact) mass is 310 g/mol. The Labute approximate surface area is 113 Å². The molecule has 1 aromatic carbocycles. The van der Waals surface area contributed by atoms with Gasteiger partial charge >= 0.3 is 0 Å². The van der Waals surface area contributed by atoms with Crippen molar-refractivity contribution in [2.24, 2.45) is 0 Å². The SMILES string of the molecule is COC1=CC=C(C(=O)c2ccccc2)CC1(F)Br. The molecule has 0 aromatic heterocycles. The number of halogens is 2. The van der Waals surface area contributed by atoms with Crippen molar-refractivity contribution in [2.45, 2.75) is 11.0 Å². The van der Waals surface area contributed by atoms with Crippen LogP contribution >= 0.6 is 15.9 Å². The number of carbonyl (C=O) groups is 1. The number of allylic oxidation sites excluding steroid dienone is 4. The van der Waals surface area contributed by atoms with Gasteiger partial charge in [0, 0.05) is 17.6 Å². The minimum Gasteiger partial charge on any atom is -0.497 e. The average molecular weight is 311 g/mol. The fraction of sp³-hybridized carbons (Fsp3) is 0.214. The molecular weight excluding hydrogens is 299 g/mol. The molecule has 94 valence electrons. The van der Waals surface area contributed by atoms with Gasteiger partial charge in [-0.25, -0.2) is 4.39 Å². The number of methoxy groups -OCH3 is 1. The van der Waals surface area contributed by atoms with Crippen LogP contribution in [0.2, 0.25) is 0 Å². The number of ether oxygens (including phenoxy) is 1. The van der Waals surface area contributed by atoms with Gasteiger partial charge in [0.25, 0.3) is 0 Å². The van der Waals surface area contributed by atoms with Crippen LogP contribution < -0.4 is 0 Å². The van der Waals surface area contributed by atoms with Crippen LogP contribution in [-0.4, -0.2) is 17.5 Å². The number of Topliss-reactive ketones (excluding diaryl/α,β-unsaturated/α-hetero) is 1. The van der Waals surface area contributed by atoms with Gasteiger partial charge in [-0.2, -0.15) is 0 Å². The molecular formula is C14H12BrFO2. The van der Waals surface area contributed by atoms with Crippen LogP contribution in [0.4, 0.5) is 4.39 Å². The number of rotatable bonds is 3. The van der Waals surface area contributed by atoms with Crippen molar-refractivity contribution in [1.29, 1.82) is 0 Å². The highest BCUT2D eigenvalue weighted by molar-refractivity contribution is 9.10. The molecule has 1 unspecified atom stereocenters. The van der Waals surface area contributed by atoms with E-state index in [-0.39, 0.29) is 18.0 Å². The van der Waals surface area contributed by atoms with E-state index in [9.17, 15) is 9.18 Å². The molecule has 1 atom stereocenters. The number of benzene rings is 1. The first-order valence-electron chi connectivity index (χ1n) is 5.47. The van der Waals surface area contributed by atoms with Gasteiger partial charge in [-0.15, -0.1) is 0 Å². The summed E-state index contributed by atoms with van der Waals surface area (Å²) in [5.41, 5.74) is 0.975. The standard InChI is InChI=1S/C14H12BrFO2/c1-18-12-8-7-11(9-14(12,15)16)13(17)10-5-3-2-4-6-10/h2-8H,9H2,1H3. The van der Waals surface area contributed by atoms with Crippen molar-refractivity contribution >= 4 is 21.7 Å². The van der Waals surface area contributed by atoms with E-state index >= 15 is 0 Å². The zero-order valence-electron chi connectivity index (χ0n) is 9.82. The van der Waals surface area contributed by atoms with Gasteiger partial charge in [-0.05, 0) is 22.0 Å². The second-order valence-corrected chi connectivity index (χ2v) is 5.26. The van der Waals surface area contributed by atoms with Gasteiger partial charge in [-0.3, -0.25) is 4.79 Å². The van der Waals surface area contributed by atoms with Crippen molar-refractivity contribution in [3.63, 3.8) is 0 Å². The summed E-state index contributed by atoms with van der Waals surface area (Å²) in [5.74, 6) is 0.00981. The summed E-state index contributed by atoms with van der Waals surface area (Å²) in [5, 5.41) is 0. The Bertz CT molecular complexity index is 518. The molecule has 0 fully saturated rings. The summed E-state index contributed by atoms with van der Waals surface area (Å²) in [7, 11) is 1.40. The Hall–Kier alpha value is -1.42. The quantitative estimate of drug-likeness (QED) is 0.627.